The maximum Gasteiger partial charge on any atom is 0.407 e. The van der Waals surface area contributed by atoms with Gasteiger partial charge in [-0.25, -0.2) is 9.78 Å². The van der Waals surface area contributed by atoms with Gasteiger partial charge >= 0.3 is 6.09 Å². The molecule has 0 saturated carbocycles. The molecule has 0 radical (unpaired) electrons. The average Bonchev–Trinajstić information content (AvgIpc) is 3.63. The first-order valence-corrected chi connectivity index (χ1v) is 12.3. The predicted molar refractivity (Wildman–Crippen MR) is 135 cm³/mol. The summed E-state index contributed by atoms with van der Waals surface area (Å²) in [6.07, 6.45) is 8.55. The van der Waals surface area contributed by atoms with Gasteiger partial charge in [0.2, 0.25) is 0 Å². The second kappa shape index (κ2) is 8.51. The maximum atomic E-state index is 13.2. The van der Waals surface area contributed by atoms with E-state index in [1.165, 1.54) is 5.56 Å². The van der Waals surface area contributed by atoms with Crippen LogP contribution in [0, 0.1) is 6.92 Å². The van der Waals surface area contributed by atoms with Crippen LogP contribution in [0.4, 0.5) is 4.79 Å². The molecule has 36 heavy (non-hydrogen) atoms. The molecular formula is C27H28N6O3. The number of carbonyl (C=O) groups is 2. The number of likely N-dealkylation sites (tertiary alicyclic amines) is 1. The summed E-state index contributed by atoms with van der Waals surface area (Å²) in [5.74, 6) is -0.0529. The van der Waals surface area contributed by atoms with Crippen LogP contribution in [0.5, 0.6) is 0 Å². The van der Waals surface area contributed by atoms with E-state index in [1.54, 1.807) is 29.0 Å². The summed E-state index contributed by atoms with van der Waals surface area (Å²) in [6.45, 7) is 3.63. The fourth-order valence-electron chi connectivity index (χ4n) is 5.66. The fraction of sp³-hybridized carbons (Fsp3) is 0.333. The van der Waals surface area contributed by atoms with E-state index < -0.39 is 6.09 Å². The summed E-state index contributed by atoms with van der Waals surface area (Å²) >= 11 is 0. The summed E-state index contributed by atoms with van der Waals surface area (Å²) in [5, 5.41) is 15.1. The SMILES string of the molecule is Cc1c[nH]c2ncc(-c3cc4c(c([C@@H]5CCCN5C(=O)O)c3)CN(C(=O)c3cnn(C)c3)CC4)cc12. The first-order valence-electron chi connectivity index (χ1n) is 12.3. The largest absolute Gasteiger partial charge is 0.465 e. The number of aryl methyl sites for hydroxylation is 2. The minimum Gasteiger partial charge on any atom is -0.465 e. The van der Waals surface area contributed by atoms with Gasteiger partial charge in [0.15, 0.2) is 0 Å². The number of carboxylic acid groups (broad SMARTS) is 1. The molecule has 0 aliphatic carbocycles. The van der Waals surface area contributed by atoms with Gasteiger partial charge in [0.05, 0.1) is 17.8 Å². The van der Waals surface area contributed by atoms with Gasteiger partial charge in [-0.15, -0.1) is 0 Å². The Kier molecular flexibility index (Phi) is 5.28. The van der Waals surface area contributed by atoms with Crippen LogP contribution in [-0.2, 0) is 20.0 Å². The molecule has 6 rings (SSSR count). The number of pyridine rings is 1. The number of H-pyrrole nitrogens is 1. The van der Waals surface area contributed by atoms with Crippen LogP contribution in [0.25, 0.3) is 22.2 Å². The molecule has 2 aliphatic rings. The van der Waals surface area contributed by atoms with Gasteiger partial charge in [0.25, 0.3) is 5.91 Å². The van der Waals surface area contributed by atoms with Crippen molar-refractivity contribution in [3.63, 3.8) is 0 Å². The molecule has 1 aromatic carbocycles. The molecule has 5 heterocycles. The highest BCUT2D eigenvalue weighted by Gasteiger charge is 2.34. The zero-order valence-corrected chi connectivity index (χ0v) is 20.4. The van der Waals surface area contributed by atoms with E-state index in [1.807, 2.05) is 17.3 Å². The van der Waals surface area contributed by atoms with Gasteiger partial charge in [-0.2, -0.15) is 5.10 Å². The second-order valence-corrected chi connectivity index (χ2v) is 9.81. The highest BCUT2D eigenvalue weighted by atomic mass is 16.4. The van der Waals surface area contributed by atoms with Crippen molar-refractivity contribution in [3.05, 3.63) is 70.8 Å². The summed E-state index contributed by atoms with van der Waals surface area (Å²) in [4.78, 5) is 36.5. The number of aromatic nitrogens is 4. The molecular weight excluding hydrogens is 456 g/mol. The highest BCUT2D eigenvalue weighted by molar-refractivity contribution is 5.94. The molecule has 2 N–H and O–H groups in total. The molecule has 9 nitrogen and oxygen atoms in total. The maximum absolute atomic E-state index is 13.2. The number of fused-ring (bicyclic) bond motifs is 2. The Morgan fingerprint density at radius 2 is 2.00 bits per heavy atom. The van der Waals surface area contributed by atoms with E-state index in [4.69, 9.17) is 0 Å². The molecule has 1 fully saturated rings. The Labute approximate surface area is 208 Å². The van der Waals surface area contributed by atoms with Gasteiger partial charge in [-0.05, 0) is 66.1 Å². The molecule has 0 spiro atoms. The van der Waals surface area contributed by atoms with Crippen molar-refractivity contribution in [2.24, 2.45) is 7.05 Å². The Morgan fingerprint density at radius 1 is 1.14 bits per heavy atom. The Bertz CT molecular complexity index is 1500. The zero-order chi connectivity index (χ0) is 25.0. The van der Waals surface area contributed by atoms with Crippen molar-refractivity contribution in [1.82, 2.24) is 29.5 Å². The lowest BCUT2D eigenvalue weighted by atomic mass is 9.86. The molecule has 3 aromatic heterocycles. The monoisotopic (exact) mass is 484 g/mol. The number of hydrogen-bond donors (Lipinski definition) is 2. The number of carbonyl (C=O) groups excluding carboxylic acids is 1. The van der Waals surface area contributed by atoms with E-state index in [0.717, 1.165) is 51.7 Å². The third kappa shape index (κ3) is 3.71. The number of amides is 2. The lowest BCUT2D eigenvalue weighted by Crippen LogP contribution is -2.37. The standard InChI is InChI=1S/C27H28N6O3/c1-16-11-28-25-21(16)10-19(12-29-25)18-8-17-5-7-32(26(34)20-13-30-31(2)14-20)15-23(17)22(9-18)24-4-3-6-33(24)27(35)36/h8-14,24H,3-7,15H2,1-2H3,(H,28,29)(H,35,36)/t24-/m0/s1. The topological polar surface area (TPSA) is 107 Å². The van der Waals surface area contributed by atoms with Crippen molar-refractivity contribution < 1.29 is 14.7 Å². The third-order valence-electron chi connectivity index (χ3n) is 7.54. The number of rotatable bonds is 3. The van der Waals surface area contributed by atoms with Crippen molar-refractivity contribution in [3.8, 4) is 11.1 Å². The lowest BCUT2D eigenvalue weighted by molar-refractivity contribution is 0.0732. The number of aromatic amines is 1. The highest BCUT2D eigenvalue weighted by Crippen LogP contribution is 2.40. The fourth-order valence-corrected chi connectivity index (χ4v) is 5.66. The molecule has 9 heteroatoms. The molecule has 2 amide bonds. The van der Waals surface area contributed by atoms with Gasteiger partial charge in [0.1, 0.15) is 5.65 Å². The molecule has 0 unspecified atom stereocenters. The number of hydrogen-bond acceptors (Lipinski definition) is 4. The third-order valence-corrected chi connectivity index (χ3v) is 7.54. The van der Waals surface area contributed by atoms with Crippen LogP contribution in [-0.4, -0.2) is 59.7 Å². The lowest BCUT2D eigenvalue weighted by Gasteiger charge is -2.33. The summed E-state index contributed by atoms with van der Waals surface area (Å²) in [6, 6.07) is 6.23. The van der Waals surface area contributed by atoms with E-state index in [2.05, 4.69) is 40.2 Å². The summed E-state index contributed by atoms with van der Waals surface area (Å²) in [7, 11) is 1.80. The van der Waals surface area contributed by atoms with Crippen molar-refractivity contribution in [1.29, 1.82) is 0 Å². The van der Waals surface area contributed by atoms with Gasteiger partial charge in [-0.3, -0.25) is 9.48 Å². The van der Waals surface area contributed by atoms with Crippen LogP contribution in [0.1, 0.15) is 51.5 Å². The van der Waals surface area contributed by atoms with Gasteiger partial charge in [0, 0.05) is 56.2 Å². The predicted octanol–water partition coefficient (Wildman–Crippen LogP) is 4.29. The van der Waals surface area contributed by atoms with Crippen LogP contribution >= 0.6 is 0 Å². The molecule has 184 valence electrons. The minimum atomic E-state index is -0.901. The minimum absolute atomic E-state index is 0.0529. The van der Waals surface area contributed by atoms with Crippen molar-refractivity contribution in [2.45, 2.75) is 38.8 Å². The van der Waals surface area contributed by atoms with E-state index in [0.29, 0.717) is 31.6 Å². The molecule has 4 aromatic rings. The van der Waals surface area contributed by atoms with E-state index in [9.17, 15) is 14.7 Å². The zero-order valence-electron chi connectivity index (χ0n) is 20.4. The van der Waals surface area contributed by atoms with Crippen molar-refractivity contribution in [2.75, 3.05) is 13.1 Å². The van der Waals surface area contributed by atoms with Crippen LogP contribution in [0.2, 0.25) is 0 Å². The second-order valence-electron chi connectivity index (χ2n) is 9.81. The number of nitrogens with zero attached hydrogens (tertiary/aromatic N) is 5. The van der Waals surface area contributed by atoms with E-state index in [-0.39, 0.29) is 11.9 Å². The van der Waals surface area contributed by atoms with Crippen molar-refractivity contribution >= 4 is 23.0 Å². The quantitative estimate of drug-likeness (QED) is 0.451. The smallest absolute Gasteiger partial charge is 0.407 e. The average molecular weight is 485 g/mol. The Morgan fingerprint density at radius 3 is 2.78 bits per heavy atom. The van der Waals surface area contributed by atoms with Crippen LogP contribution in [0.15, 0.2) is 43.0 Å². The summed E-state index contributed by atoms with van der Waals surface area (Å²) in [5.41, 5.74) is 7.81. The van der Waals surface area contributed by atoms with Crippen LogP contribution < -0.4 is 0 Å². The Hall–Kier alpha value is -4.14. The normalized spacial score (nSPS) is 17.6. The first-order chi connectivity index (χ1) is 17.4. The molecule has 2 aliphatic heterocycles. The van der Waals surface area contributed by atoms with Gasteiger partial charge in [-0.1, -0.05) is 6.07 Å². The number of benzene rings is 1. The van der Waals surface area contributed by atoms with E-state index >= 15 is 0 Å². The number of nitrogens with one attached hydrogen (secondary N) is 1. The molecule has 0 bridgehead atoms. The van der Waals surface area contributed by atoms with Gasteiger partial charge < -0.3 is 19.9 Å². The summed E-state index contributed by atoms with van der Waals surface area (Å²) < 4.78 is 1.63. The molecule has 1 saturated heterocycles. The Balaban J connectivity index is 1.44. The first kappa shape index (κ1) is 22.3. The van der Waals surface area contributed by atoms with Crippen LogP contribution in [0.3, 0.4) is 0 Å². The molecule has 1 atom stereocenters.